The highest BCUT2D eigenvalue weighted by molar-refractivity contribution is 5.81. The van der Waals surface area contributed by atoms with Gasteiger partial charge >= 0.3 is 0 Å². The highest BCUT2D eigenvalue weighted by Gasteiger charge is 2.40. The van der Waals surface area contributed by atoms with Gasteiger partial charge < -0.3 is 4.74 Å². The number of ketones is 1. The van der Waals surface area contributed by atoms with Crippen LogP contribution >= 0.6 is 0 Å². The minimum absolute atomic E-state index is 0.260. The Bertz CT molecular complexity index is 459. The molecular weight excluding hydrogens is 262 g/mol. The topological polar surface area (TPSA) is 29.5 Å². The lowest BCUT2D eigenvalue weighted by Crippen LogP contribution is -2.57. The molecule has 21 heavy (non-hydrogen) atoms. The smallest absolute Gasteiger partial charge is 0.136 e. The maximum absolute atomic E-state index is 12.2. The molecule has 1 aromatic carbocycles. The Kier molecular flexibility index (Phi) is 4.71. The molecular formula is C18H25NO2. The molecule has 3 nitrogen and oxygen atoms in total. The van der Waals surface area contributed by atoms with Crippen LogP contribution in [-0.4, -0.2) is 36.0 Å². The van der Waals surface area contributed by atoms with E-state index in [0.717, 1.165) is 45.4 Å². The summed E-state index contributed by atoms with van der Waals surface area (Å²) in [4.78, 5) is 14.8. The van der Waals surface area contributed by atoms with Crippen molar-refractivity contribution in [2.45, 2.75) is 51.2 Å². The van der Waals surface area contributed by atoms with Crippen molar-refractivity contribution in [3.05, 3.63) is 35.9 Å². The van der Waals surface area contributed by atoms with Crippen LogP contribution in [0, 0.1) is 5.92 Å². The van der Waals surface area contributed by atoms with Crippen molar-refractivity contribution in [1.29, 1.82) is 0 Å². The summed E-state index contributed by atoms with van der Waals surface area (Å²) >= 11 is 0. The summed E-state index contributed by atoms with van der Waals surface area (Å²) in [6.45, 7) is 4.62. The molecule has 0 amide bonds. The Hall–Kier alpha value is -1.19. The van der Waals surface area contributed by atoms with Crippen LogP contribution in [0.1, 0.15) is 38.2 Å². The molecule has 2 heterocycles. The van der Waals surface area contributed by atoms with Gasteiger partial charge in [0.2, 0.25) is 0 Å². The average molecular weight is 287 g/mol. The highest BCUT2D eigenvalue weighted by Crippen LogP contribution is 2.33. The molecule has 0 spiro atoms. The van der Waals surface area contributed by atoms with Gasteiger partial charge in [-0.15, -0.1) is 0 Å². The number of hydrogen-bond acceptors (Lipinski definition) is 3. The summed E-state index contributed by atoms with van der Waals surface area (Å²) in [6.07, 6.45) is 3.66. The zero-order valence-corrected chi connectivity index (χ0v) is 12.8. The van der Waals surface area contributed by atoms with E-state index in [0.29, 0.717) is 17.9 Å². The van der Waals surface area contributed by atoms with Crippen LogP contribution in [0.5, 0.6) is 0 Å². The van der Waals surface area contributed by atoms with Gasteiger partial charge in [-0.3, -0.25) is 9.69 Å². The fourth-order valence-electron chi connectivity index (χ4n) is 3.76. The van der Waals surface area contributed by atoms with Crippen LogP contribution in [0.15, 0.2) is 30.3 Å². The predicted octanol–water partition coefficient (Wildman–Crippen LogP) is 3.04. The molecule has 2 unspecified atom stereocenters. The number of hydrogen-bond donors (Lipinski definition) is 0. The first-order valence-corrected chi connectivity index (χ1v) is 8.18. The lowest BCUT2D eigenvalue weighted by atomic mass is 9.81. The number of rotatable bonds is 5. The standard InChI is InChI=1S/C18H25NO2/c1-2-6-18(20)15-9-16-12-21-13-17(10-15)19(16)11-14-7-4-3-5-8-14/h3-5,7-8,15-17H,2,6,9-13H2,1H3. The van der Waals surface area contributed by atoms with E-state index in [9.17, 15) is 4.79 Å². The summed E-state index contributed by atoms with van der Waals surface area (Å²) in [5.41, 5.74) is 1.35. The first-order chi connectivity index (χ1) is 10.3. The van der Waals surface area contributed by atoms with Gasteiger partial charge in [-0.1, -0.05) is 37.3 Å². The molecule has 2 fully saturated rings. The normalized spacial score (nSPS) is 29.3. The first kappa shape index (κ1) is 14.7. The first-order valence-electron chi connectivity index (χ1n) is 8.18. The monoisotopic (exact) mass is 287 g/mol. The van der Waals surface area contributed by atoms with Gasteiger partial charge in [0.15, 0.2) is 0 Å². The van der Waals surface area contributed by atoms with Crippen molar-refractivity contribution in [1.82, 2.24) is 4.90 Å². The minimum Gasteiger partial charge on any atom is -0.378 e. The third-order valence-corrected chi connectivity index (χ3v) is 4.83. The quantitative estimate of drug-likeness (QED) is 0.833. The van der Waals surface area contributed by atoms with Gasteiger partial charge in [-0.25, -0.2) is 0 Å². The average Bonchev–Trinajstić information content (AvgIpc) is 2.48. The third kappa shape index (κ3) is 3.35. The fourth-order valence-corrected chi connectivity index (χ4v) is 3.76. The maximum atomic E-state index is 12.2. The van der Waals surface area contributed by atoms with Crippen molar-refractivity contribution in [3.63, 3.8) is 0 Å². The Balaban J connectivity index is 1.69. The number of ether oxygens (including phenoxy) is 1. The summed E-state index contributed by atoms with van der Waals surface area (Å²) in [5.74, 6) is 0.727. The van der Waals surface area contributed by atoms with E-state index in [-0.39, 0.29) is 5.92 Å². The molecule has 2 aliphatic rings. The molecule has 0 radical (unpaired) electrons. The second kappa shape index (κ2) is 6.71. The molecule has 3 heteroatoms. The number of carbonyl (C=O) groups excluding carboxylic acids is 1. The summed E-state index contributed by atoms with van der Waals surface area (Å²) in [5, 5.41) is 0. The molecule has 2 atom stereocenters. The van der Waals surface area contributed by atoms with Crippen LogP contribution in [-0.2, 0) is 16.1 Å². The Labute approximate surface area is 127 Å². The Morgan fingerprint density at radius 3 is 2.48 bits per heavy atom. The van der Waals surface area contributed by atoms with Crippen molar-refractivity contribution in [2.75, 3.05) is 13.2 Å². The summed E-state index contributed by atoms with van der Waals surface area (Å²) in [6, 6.07) is 11.4. The molecule has 0 saturated carbocycles. The highest BCUT2D eigenvalue weighted by atomic mass is 16.5. The van der Waals surface area contributed by atoms with Gasteiger partial charge in [-0.05, 0) is 24.8 Å². The summed E-state index contributed by atoms with van der Waals surface area (Å²) in [7, 11) is 0. The number of Topliss-reactive ketones (excluding diaryl/α,β-unsaturated/α-hetero) is 1. The van der Waals surface area contributed by atoms with Gasteiger partial charge in [-0.2, -0.15) is 0 Å². The van der Waals surface area contributed by atoms with E-state index in [1.165, 1.54) is 5.56 Å². The molecule has 3 rings (SSSR count). The maximum Gasteiger partial charge on any atom is 0.136 e. The largest absolute Gasteiger partial charge is 0.378 e. The molecule has 0 N–H and O–H groups in total. The molecule has 2 saturated heterocycles. The van der Waals surface area contributed by atoms with Crippen molar-refractivity contribution < 1.29 is 9.53 Å². The fraction of sp³-hybridized carbons (Fsp3) is 0.611. The molecule has 114 valence electrons. The van der Waals surface area contributed by atoms with Crippen molar-refractivity contribution in [2.24, 2.45) is 5.92 Å². The Morgan fingerprint density at radius 1 is 1.19 bits per heavy atom. The van der Waals surface area contributed by atoms with Crippen molar-refractivity contribution in [3.8, 4) is 0 Å². The lowest BCUT2D eigenvalue weighted by Gasteiger charge is -2.48. The van der Waals surface area contributed by atoms with E-state index in [2.05, 4.69) is 42.2 Å². The Morgan fingerprint density at radius 2 is 1.86 bits per heavy atom. The number of fused-ring (bicyclic) bond motifs is 2. The van der Waals surface area contributed by atoms with Gasteiger partial charge in [0, 0.05) is 31.0 Å². The molecule has 0 aliphatic carbocycles. The second-order valence-corrected chi connectivity index (χ2v) is 6.39. The minimum atomic E-state index is 0.260. The van der Waals surface area contributed by atoms with Gasteiger partial charge in [0.25, 0.3) is 0 Å². The number of benzene rings is 1. The van der Waals surface area contributed by atoms with Crippen LogP contribution in [0.4, 0.5) is 0 Å². The number of morpholine rings is 1. The van der Waals surface area contributed by atoms with Crippen molar-refractivity contribution >= 4 is 5.78 Å². The molecule has 0 aromatic heterocycles. The second-order valence-electron chi connectivity index (χ2n) is 6.39. The predicted molar refractivity (Wildman–Crippen MR) is 83.0 cm³/mol. The van der Waals surface area contributed by atoms with E-state index in [1.807, 2.05) is 0 Å². The van der Waals surface area contributed by atoms with E-state index in [4.69, 9.17) is 4.74 Å². The molecule has 1 aromatic rings. The molecule has 2 bridgehead atoms. The number of piperidine rings is 1. The number of nitrogens with zero attached hydrogens (tertiary/aromatic N) is 1. The van der Waals surface area contributed by atoms with Crippen LogP contribution in [0.25, 0.3) is 0 Å². The zero-order chi connectivity index (χ0) is 14.7. The number of carbonyl (C=O) groups is 1. The van der Waals surface area contributed by atoms with E-state index >= 15 is 0 Å². The third-order valence-electron chi connectivity index (χ3n) is 4.83. The van der Waals surface area contributed by atoms with Crippen LogP contribution in [0.2, 0.25) is 0 Å². The van der Waals surface area contributed by atoms with Gasteiger partial charge in [0.1, 0.15) is 5.78 Å². The molecule has 2 aliphatic heterocycles. The van der Waals surface area contributed by atoms with E-state index < -0.39 is 0 Å². The van der Waals surface area contributed by atoms with Gasteiger partial charge in [0.05, 0.1) is 13.2 Å². The lowest BCUT2D eigenvalue weighted by molar-refractivity contribution is -0.133. The SMILES string of the molecule is CCCC(=O)C1CC2COCC(C1)N2Cc1ccccc1. The van der Waals surface area contributed by atoms with Crippen LogP contribution in [0.3, 0.4) is 0 Å². The van der Waals surface area contributed by atoms with E-state index in [1.54, 1.807) is 0 Å². The zero-order valence-electron chi connectivity index (χ0n) is 12.8. The van der Waals surface area contributed by atoms with Crippen LogP contribution < -0.4 is 0 Å². The summed E-state index contributed by atoms with van der Waals surface area (Å²) < 4.78 is 5.74.